The molecule has 0 aliphatic carbocycles. The van der Waals surface area contributed by atoms with Crippen LogP contribution >= 0.6 is 0 Å². The molecule has 0 saturated carbocycles. The fourth-order valence-corrected chi connectivity index (χ4v) is 2.91. The molecule has 3 rings (SSSR count). The van der Waals surface area contributed by atoms with Crippen molar-refractivity contribution in [3.8, 4) is 0 Å². The third-order valence-electron chi connectivity index (χ3n) is 4.02. The molecule has 0 fully saturated rings. The van der Waals surface area contributed by atoms with Crippen LogP contribution in [0, 0.1) is 5.92 Å². The molecule has 20 heavy (non-hydrogen) atoms. The summed E-state index contributed by atoms with van der Waals surface area (Å²) in [6.07, 6.45) is 5.64. The van der Waals surface area contributed by atoms with E-state index < -0.39 is 0 Å². The Morgan fingerprint density at radius 1 is 1.35 bits per heavy atom. The number of aliphatic hydroxyl groups is 1. The SMILES string of the molecule is CC(CO)Cn1cc(C2=CCNCC2)c2ccccc21. The number of fused-ring (bicyclic) bond motifs is 1. The Hall–Kier alpha value is -1.58. The molecule has 0 radical (unpaired) electrons. The Labute approximate surface area is 119 Å². The lowest BCUT2D eigenvalue weighted by Crippen LogP contribution is -2.19. The van der Waals surface area contributed by atoms with E-state index in [1.54, 1.807) is 0 Å². The van der Waals surface area contributed by atoms with E-state index in [2.05, 4.69) is 53.3 Å². The molecular weight excluding hydrogens is 248 g/mol. The Balaban J connectivity index is 2.06. The molecule has 0 amide bonds. The van der Waals surface area contributed by atoms with E-state index in [0.29, 0.717) is 0 Å². The van der Waals surface area contributed by atoms with Gasteiger partial charge >= 0.3 is 0 Å². The topological polar surface area (TPSA) is 37.2 Å². The normalized spacial score (nSPS) is 17.2. The van der Waals surface area contributed by atoms with Gasteiger partial charge in [-0.3, -0.25) is 0 Å². The number of aliphatic hydroxyl groups excluding tert-OH is 1. The van der Waals surface area contributed by atoms with Gasteiger partial charge in [-0.1, -0.05) is 31.2 Å². The van der Waals surface area contributed by atoms with Crippen LogP contribution in [0.5, 0.6) is 0 Å². The number of nitrogens with one attached hydrogen (secondary N) is 1. The molecule has 3 nitrogen and oxygen atoms in total. The van der Waals surface area contributed by atoms with Crippen molar-refractivity contribution in [2.45, 2.75) is 19.9 Å². The first-order valence-electron chi connectivity index (χ1n) is 7.38. The Morgan fingerprint density at radius 2 is 2.20 bits per heavy atom. The quantitative estimate of drug-likeness (QED) is 0.896. The van der Waals surface area contributed by atoms with Gasteiger partial charge in [0.05, 0.1) is 0 Å². The van der Waals surface area contributed by atoms with Crippen molar-refractivity contribution in [2.24, 2.45) is 5.92 Å². The predicted octanol–water partition coefficient (Wildman–Crippen LogP) is 2.65. The lowest BCUT2D eigenvalue weighted by molar-refractivity contribution is 0.224. The molecule has 2 heterocycles. The van der Waals surface area contributed by atoms with Crippen LogP contribution in [0.4, 0.5) is 0 Å². The fraction of sp³-hybridized carbons (Fsp3) is 0.412. The second-order valence-corrected chi connectivity index (χ2v) is 5.68. The van der Waals surface area contributed by atoms with Crippen LogP contribution in [0.1, 0.15) is 18.9 Å². The average molecular weight is 270 g/mol. The van der Waals surface area contributed by atoms with E-state index in [1.807, 2.05) is 0 Å². The maximum Gasteiger partial charge on any atom is 0.0486 e. The summed E-state index contributed by atoms with van der Waals surface area (Å²) < 4.78 is 2.29. The zero-order valence-corrected chi connectivity index (χ0v) is 12.0. The highest BCUT2D eigenvalue weighted by molar-refractivity contribution is 5.93. The van der Waals surface area contributed by atoms with E-state index in [-0.39, 0.29) is 12.5 Å². The smallest absolute Gasteiger partial charge is 0.0486 e. The first-order valence-corrected chi connectivity index (χ1v) is 7.38. The van der Waals surface area contributed by atoms with E-state index in [9.17, 15) is 5.11 Å². The Kier molecular flexibility index (Phi) is 3.90. The van der Waals surface area contributed by atoms with Crippen molar-refractivity contribution in [3.63, 3.8) is 0 Å². The molecule has 106 valence electrons. The number of rotatable bonds is 4. The van der Waals surface area contributed by atoms with Gasteiger partial charge in [-0.15, -0.1) is 0 Å². The molecule has 1 aromatic heterocycles. The van der Waals surface area contributed by atoms with Crippen LogP contribution in [-0.4, -0.2) is 29.4 Å². The zero-order chi connectivity index (χ0) is 13.9. The second kappa shape index (κ2) is 5.81. The predicted molar refractivity (Wildman–Crippen MR) is 83.7 cm³/mol. The summed E-state index contributed by atoms with van der Waals surface area (Å²) >= 11 is 0. The Morgan fingerprint density at radius 3 is 2.95 bits per heavy atom. The van der Waals surface area contributed by atoms with E-state index >= 15 is 0 Å². The lowest BCUT2D eigenvalue weighted by atomic mass is 10.00. The number of para-hydroxylation sites is 1. The van der Waals surface area contributed by atoms with Gasteiger partial charge in [0.15, 0.2) is 0 Å². The van der Waals surface area contributed by atoms with Gasteiger partial charge in [0.1, 0.15) is 0 Å². The van der Waals surface area contributed by atoms with Gasteiger partial charge in [-0.05, 0) is 30.5 Å². The van der Waals surface area contributed by atoms with E-state index in [0.717, 1.165) is 26.1 Å². The first kappa shape index (κ1) is 13.4. The van der Waals surface area contributed by atoms with Crippen LogP contribution in [-0.2, 0) is 6.54 Å². The average Bonchev–Trinajstić information content (AvgIpc) is 2.87. The van der Waals surface area contributed by atoms with Gasteiger partial charge in [-0.25, -0.2) is 0 Å². The second-order valence-electron chi connectivity index (χ2n) is 5.68. The summed E-state index contributed by atoms with van der Waals surface area (Å²) in [5.41, 5.74) is 4.06. The minimum atomic E-state index is 0.231. The summed E-state index contributed by atoms with van der Waals surface area (Å²) in [6, 6.07) is 8.56. The molecule has 0 bridgehead atoms. The van der Waals surface area contributed by atoms with Crippen molar-refractivity contribution < 1.29 is 5.11 Å². The van der Waals surface area contributed by atoms with E-state index in [4.69, 9.17) is 0 Å². The van der Waals surface area contributed by atoms with Crippen LogP contribution in [0.15, 0.2) is 36.5 Å². The zero-order valence-electron chi connectivity index (χ0n) is 12.0. The maximum absolute atomic E-state index is 9.29. The van der Waals surface area contributed by atoms with Crippen molar-refractivity contribution in [1.82, 2.24) is 9.88 Å². The van der Waals surface area contributed by atoms with Crippen LogP contribution in [0.25, 0.3) is 16.5 Å². The largest absolute Gasteiger partial charge is 0.396 e. The Bertz CT molecular complexity index is 627. The molecule has 0 spiro atoms. The maximum atomic E-state index is 9.29. The monoisotopic (exact) mass is 270 g/mol. The number of benzene rings is 1. The third-order valence-corrected chi connectivity index (χ3v) is 4.02. The number of hydrogen-bond donors (Lipinski definition) is 2. The molecule has 1 aliphatic heterocycles. The van der Waals surface area contributed by atoms with Crippen molar-refractivity contribution in [2.75, 3.05) is 19.7 Å². The molecule has 0 saturated heterocycles. The summed E-state index contributed by atoms with van der Waals surface area (Å²) in [5.74, 6) is 0.278. The summed E-state index contributed by atoms with van der Waals surface area (Å²) in [5, 5.41) is 14.0. The summed E-state index contributed by atoms with van der Waals surface area (Å²) in [6.45, 7) is 5.19. The minimum absolute atomic E-state index is 0.231. The molecule has 1 aromatic carbocycles. The molecular formula is C17H22N2O. The van der Waals surface area contributed by atoms with Crippen LogP contribution in [0.3, 0.4) is 0 Å². The highest BCUT2D eigenvalue weighted by Gasteiger charge is 2.14. The molecule has 2 aromatic rings. The molecule has 1 atom stereocenters. The molecule has 2 N–H and O–H groups in total. The molecule has 1 aliphatic rings. The van der Waals surface area contributed by atoms with Crippen molar-refractivity contribution in [1.29, 1.82) is 0 Å². The minimum Gasteiger partial charge on any atom is -0.396 e. The first-order chi connectivity index (χ1) is 9.79. The van der Waals surface area contributed by atoms with E-state index in [1.165, 1.54) is 22.0 Å². The number of hydrogen-bond acceptors (Lipinski definition) is 2. The van der Waals surface area contributed by atoms with Gasteiger partial charge < -0.3 is 15.0 Å². The lowest BCUT2D eigenvalue weighted by Gasteiger charge is -2.13. The molecule has 1 unspecified atom stereocenters. The van der Waals surface area contributed by atoms with Gasteiger partial charge in [0.2, 0.25) is 0 Å². The van der Waals surface area contributed by atoms with Crippen molar-refractivity contribution >= 4 is 16.5 Å². The van der Waals surface area contributed by atoms with Crippen LogP contribution < -0.4 is 5.32 Å². The summed E-state index contributed by atoms with van der Waals surface area (Å²) in [7, 11) is 0. The third kappa shape index (κ3) is 2.51. The summed E-state index contributed by atoms with van der Waals surface area (Å²) in [4.78, 5) is 0. The van der Waals surface area contributed by atoms with Gasteiger partial charge in [-0.2, -0.15) is 0 Å². The standard InChI is InChI=1S/C17H22N2O/c1-13(12-20)10-19-11-16(14-6-8-18-9-7-14)15-4-2-3-5-17(15)19/h2-6,11,13,18,20H,7-10,12H2,1H3. The number of nitrogens with zero attached hydrogens (tertiary/aromatic N) is 1. The van der Waals surface area contributed by atoms with Gasteiger partial charge in [0, 0.05) is 42.4 Å². The number of aromatic nitrogens is 1. The van der Waals surface area contributed by atoms with Crippen LogP contribution in [0.2, 0.25) is 0 Å². The highest BCUT2D eigenvalue weighted by atomic mass is 16.3. The fourth-order valence-electron chi connectivity index (χ4n) is 2.91. The van der Waals surface area contributed by atoms with Crippen molar-refractivity contribution in [3.05, 3.63) is 42.1 Å². The molecule has 3 heteroatoms. The highest BCUT2D eigenvalue weighted by Crippen LogP contribution is 2.30. The van der Waals surface area contributed by atoms with Gasteiger partial charge in [0.25, 0.3) is 0 Å².